The van der Waals surface area contributed by atoms with Crippen molar-refractivity contribution in [1.82, 2.24) is 0 Å². The summed E-state index contributed by atoms with van der Waals surface area (Å²) in [4.78, 5) is 13.0. The molecule has 0 aromatic carbocycles. The molecule has 0 saturated heterocycles. The third kappa shape index (κ3) is 3.28. The van der Waals surface area contributed by atoms with Crippen LogP contribution in [0.1, 0.15) is 28.8 Å². The fraction of sp³-hybridized carbons (Fsp3) is 0.462. The zero-order chi connectivity index (χ0) is 13.7. The molecular weight excluding hydrogens is 278 g/mol. The zero-order valence-corrected chi connectivity index (χ0v) is 12.0. The van der Waals surface area contributed by atoms with Crippen molar-refractivity contribution < 1.29 is 4.79 Å². The van der Waals surface area contributed by atoms with E-state index < -0.39 is 0 Å². The number of rotatable bonds is 4. The third-order valence-corrected chi connectivity index (χ3v) is 4.94. The van der Waals surface area contributed by atoms with Crippen molar-refractivity contribution in [3.05, 3.63) is 16.0 Å². The van der Waals surface area contributed by atoms with Crippen LogP contribution in [0.3, 0.4) is 0 Å². The number of nitriles is 2. The van der Waals surface area contributed by atoms with Gasteiger partial charge in [-0.05, 0) is 31.2 Å². The van der Waals surface area contributed by atoms with Crippen LogP contribution in [0.5, 0.6) is 0 Å². The first-order chi connectivity index (χ1) is 9.26. The average molecular weight is 291 g/mol. The van der Waals surface area contributed by atoms with Gasteiger partial charge in [0.1, 0.15) is 11.1 Å². The first-order valence-electron chi connectivity index (χ1n) is 6.05. The van der Waals surface area contributed by atoms with E-state index >= 15 is 0 Å². The van der Waals surface area contributed by atoms with Crippen LogP contribution < -0.4 is 5.32 Å². The minimum absolute atomic E-state index is 0.143. The lowest BCUT2D eigenvalue weighted by molar-refractivity contribution is -0.113. The van der Waals surface area contributed by atoms with Crippen LogP contribution >= 0.6 is 23.1 Å². The monoisotopic (exact) mass is 291 g/mol. The quantitative estimate of drug-likeness (QED) is 0.865. The summed E-state index contributed by atoms with van der Waals surface area (Å²) in [5.74, 6) is 0.413. The number of aryl methyl sites for hydroxylation is 1. The van der Waals surface area contributed by atoms with Crippen molar-refractivity contribution in [1.29, 1.82) is 10.5 Å². The van der Waals surface area contributed by atoms with E-state index in [0.29, 0.717) is 16.3 Å². The Bertz CT molecular complexity index is 566. The molecule has 0 fully saturated rings. The van der Waals surface area contributed by atoms with Gasteiger partial charge in [0.05, 0.1) is 23.1 Å². The SMILES string of the molecule is N#CCSCC(=O)Nc1sc2c(c1C#N)CCCC2. The van der Waals surface area contributed by atoms with Gasteiger partial charge < -0.3 is 5.32 Å². The Morgan fingerprint density at radius 2 is 2.16 bits per heavy atom. The Morgan fingerprint density at radius 1 is 1.37 bits per heavy atom. The van der Waals surface area contributed by atoms with Crippen LogP contribution in [-0.2, 0) is 17.6 Å². The van der Waals surface area contributed by atoms with E-state index in [1.165, 1.54) is 28.0 Å². The number of carbonyl (C=O) groups is 1. The summed E-state index contributed by atoms with van der Waals surface area (Å²) >= 11 is 2.80. The molecule has 0 radical (unpaired) electrons. The molecule has 98 valence electrons. The van der Waals surface area contributed by atoms with Crippen molar-refractivity contribution in [2.24, 2.45) is 0 Å². The summed E-state index contributed by atoms with van der Waals surface area (Å²) in [6.45, 7) is 0. The molecule has 19 heavy (non-hydrogen) atoms. The van der Waals surface area contributed by atoms with E-state index in [1.807, 2.05) is 6.07 Å². The van der Waals surface area contributed by atoms with Crippen molar-refractivity contribution in [2.45, 2.75) is 25.7 Å². The van der Waals surface area contributed by atoms with Gasteiger partial charge >= 0.3 is 0 Å². The molecule has 6 heteroatoms. The number of carbonyl (C=O) groups excluding carboxylic acids is 1. The van der Waals surface area contributed by atoms with Crippen LogP contribution in [0.4, 0.5) is 5.00 Å². The highest BCUT2D eigenvalue weighted by Gasteiger charge is 2.21. The summed E-state index contributed by atoms with van der Waals surface area (Å²) in [6.07, 6.45) is 4.22. The van der Waals surface area contributed by atoms with Gasteiger partial charge in [-0.2, -0.15) is 10.5 Å². The van der Waals surface area contributed by atoms with E-state index in [0.717, 1.165) is 31.2 Å². The zero-order valence-electron chi connectivity index (χ0n) is 10.4. The number of thiophene rings is 1. The van der Waals surface area contributed by atoms with Crippen molar-refractivity contribution in [3.8, 4) is 12.1 Å². The van der Waals surface area contributed by atoms with Crippen LogP contribution in [0.2, 0.25) is 0 Å². The maximum absolute atomic E-state index is 11.7. The normalized spacial score (nSPS) is 13.2. The summed E-state index contributed by atoms with van der Waals surface area (Å²) in [7, 11) is 0. The summed E-state index contributed by atoms with van der Waals surface area (Å²) < 4.78 is 0. The lowest BCUT2D eigenvalue weighted by Gasteiger charge is -2.09. The molecule has 1 aliphatic carbocycles. The second-order valence-corrected chi connectivity index (χ2v) is 6.32. The number of nitrogens with zero attached hydrogens (tertiary/aromatic N) is 2. The third-order valence-electron chi connectivity index (χ3n) is 2.94. The Hall–Kier alpha value is -1.50. The molecule has 0 saturated carbocycles. The molecule has 0 aliphatic heterocycles. The molecule has 1 N–H and O–H groups in total. The number of fused-ring (bicyclic) bond motifs is 1. The minimum Gasteiger partial charge on any atom is -0.316 e. The van der Waals surface area contributed by atoms with E-state index in [-0.39, 0.29) is 11.7 Å². The van der Waals surface area contributed by atoms with Gasteiger partial charge in [0, 0.05) is 4.88 Å². The van der Waals surface area contributed by atoms with E-state index in [4.69, 9.17) is 5.26 Å². The molecule has 0 bridgehead atoms. The molecular formula is C13H13N3OS2. The van der Waals surface area contributed by atoms with Gasteiger partial charge in [-0.3, -0.25) is 4.79 Å². The maximum atomic E-state index is 11.7. The van der Waals surface area contributed by atoms with E-state index in [9.17, 15) is 10.1 Å². The topological polar surface area (TPSA) is 76.7 Å². The maximum Gasteiger partial charge on any atom is 0.235 e. The molecule has 1 aliphatic rings. The number of hydrogen-bond donors (Lipinski definition) is 1. The molecule has 0 atom stereocenters. The number of amides is 1. The van der Waals surface area contributed by atoms with Crippen molar-refractivity contribution >= 4 is 34.0 Å². The predicted octanol–water partition coefficient (Wildman–Crippen LogP) is 2.69. The Morgan fingerprint density at radius 3 is 2.89 bits per heavy atom. The van der Waals surface area contributed by atoms with Crippen molar-refractivity contribution in [2.75, 3.05) is 16.8 Å². The first kappa shape index (κ1) is 13.9. The van der Waals surface area contributed by atoms with Crippen LogP contribution in [0.15, 0.2) is 0 Å². The number of thioether (sulfide) groups is 1. The largest absolute Gasteiger partial charge is 0.316 e. The molecule has 0 spiro atoms. The van der Waals surface area contributed by atoms with Crippen LogP contribution in [0.25, 0.3) is 0 Å². The second kappa shape index (κ2) is 6.60. The second-order valence-electron chi connectivity index (χ2n) is 4.23. The Balaban J connectivity index is 2.08. The summed E-state index contributed by atoms with van der Waals surface area (Å²) in [5, 5.41) is 21.1. The van der Waals surface area contributed by atoms with Crippen LogP contribution in [0, 0.1) is 22.7 Å². The molecule has 1 aromatic heterocycles. The smallest absolute Gasteiger partial charge is 0.235 e. The molecule has 4 nitrogen and oxygen atoms in total. The van der Waals surface area contributed by atoms with Gasteiger partial charge in [-0.15, -0.1) is 23.1 Å². The highest BCUT2D eigenvalue weighted by atomic mass is 32.2. The molecule has 0 unspecified atom stereocenters. The number of hydrogen-bond acceptors (Lipinski definition) is 5. The highest BCUT2D eigenvalue weighted by Crippen LogP contribution is 2.37. The average Bonchev–Trinajstić information content (AvgIpc) is 2.76. The molecule has 1 amide bonds. The number of anilines is 1. The lowest BCUT2D eigenvalue weighted by atomic mass is 9.96. The predicted molar refractivity (Wildman–Crippen MR) is 77.2 cm³/mol. The minimum atomic E-state index is -0.143. The number of nitrogens with one attached hydrogen (secondary N) is 1. The van der Waals surface area contributed by atoms with Crippen LogP contribution in [-0.4, -0.2) is 17.4 Å². The van der Waals surface area contributed by atoms with Gasteiger partial charge in [0.2, 0.25) is 5.91 Å². The summed E-state index contributed by atoms with van der Waals surface area (Å²) in [6, 6.07) is 4.20. The van der Waals surface area contributed by atoms with Crippen molar-refractivity contribution in [3.63, 3.8) is 0 Å². The highest BCUT2D eigenvalue weighted by molar-refractivity contribution is 8.00. The van der Waals surface area contributed by atoms with E-state index in [2.05, 4.69) is 11.4 Å². The fourth-order valence-corrected chi connectivity index (χ4v) is 3.83. The fourth-order valence-electron chi connectivity index (χ4n) is 2.12. The summed E-state index contributed by atoms with van der Waals surface area (Å²) in [5.41, 5.74) is 1.76. The standard InChI is InChI=1S/C13H13N3OS2/c14-5-6-18-8-12(17)16-13-10(7-15)9-3-1-2-4-11(9)19-13/h1-4,6,8H2,(H,16,17). The van der Waals surface area contributed by atoms with Gasteiger partial charge in [0.25, 0.3) is 0 Å². The Kier molecular flexibility index (Phi) is 4.84. The van der Waals surface area contributed by atoms with Gasteiger partial charge in [0.15, 0.2) is 0 Å². The molecule has 1 heterocycles. The van der Waals surface area contributed by atoms with Gasteiger partial charge in [-0.25, -0.2) is 0 Å². The first-order valence-corrected chi connectivity index (χ1v) is 8.02. The van der Waals surface area contributed by atoms with E-state index in [1.54, 1.807) is 0 Å². The van der Waals surface area contributed by atoms with Gasteiger partial charge in [-0.1, -0.05) is 0 Å². The Labute approximate surface area is 120 Å². The molecule has 1 aromatic rings. The lowest BCUT2D eigenvalue weighted by Crippen LogP contribution is -2.14. The molecule has 2 rings (SSSR count).